The molecular formula is C20H18ClN3O2. The smallest absolute Gasteiger partial charge is 0.308 e. The first-order valence-electron chi connectivity index (χ1n) is 8.61. The molecule has 132 valence electrons. The Balaban J connectivity index is 1.87. The average molecular weight is 368 g/mol. The van der Waals surface area contributed by atoms with Crippen LogP contribution in [0.2, 0.25) is 5.02 Å². The molecule has 0 unspecified atom stereocenters. The molecule has 1 saturated heterocycles. The highest BCUT2D eigenvalue weighted by Gasteiger charge is 2.27. The van der Waals surface area contributed by atoms with Crippen molar-refractivity contribution in [3.05, 3.63) is 53.8 Å². The van der Waals surface area contributed by atoms with Gasteiger partial charge in [0.05, 0.1) is 16.8 Å². The van der Waals surface area contributed by atoms with Gasteiger partial charge in [0.2, 0.25) is 0 Å². The molecule has 1 aliphatic rings. The summed E-state index contributed by atoms with van der Waals surface area (Å²) in [6.45, 7) is 1.26. The molecule has 0 bridgehead atoms. The minimum atomic E-state index is -0.747. The Morgan fingerprint density at radius 2 is 2.04 bits per heavy atom. The fourth-order valence-electron chi connectivity index (χ4n) is 3.60. The second-order valence-electron chi connectivity index (χ2n) is 6.53. The molecule has 0 radical (unpaired) electrons. The van der Waals surface area contributed by atoms with Crippen molar-refractivity contribution in [3.8, 4) is 11.1 Å². The summed E-state index contributed by atoms with van der Waals surface area (Å²) in [4.78, 5) is 22.5. The summed E-state index contributed by atoms with van der Waals surface area (Å²) in [6, 6.07) is 13.6. The fourth-order valence-corrected chi connectivity index (χ4v) is 3.79. The number of fused-ring (bicyclic) bond motifs is 1. The van der Waals surface area contributed by atoms with Crippen LogP contribution in [0, 0.1) is 5.92 Å². The van der Waals surface area contributed by atoms with E-state index in [0.717, 1.165) is 40.8 Å². The van der Waals surface area contributed by atoms with Gasteiger partial charge in [-0.3, -0.25) is 4.79 Å². The maximum absolute atomic E-state index is 11.4. The van der Waals surface area contributed by atoms with E-state index in [-0.39, 0.29) is 5.92 Å². The van der Waals surface area contributed by atoms with Crippen molar-refractivity contribution in [3.63, 3.8) is 0 Å². The molecule has 1 aromatic heterocycles. The van der Waals surface area contributed by atoms with Crippen LogP contribution in [0.5, 0.6) is 0 Å². The predicted molar refractivity (Wildman–Crippen MR) is 103 cm³/mol. The number of hydrogen-bond donors (Lipinski definition) is 1. The van der Waals surface area contributed by atoms with Gasteiger partial charge in [0, 0.05) is 18.1 Å². The molecule has 1 aliphatic heterocycles. The molecule has 2 heterocycles. The first-order valence-corrected chi connectivity index (χ1v) is 8.98. The fraction of sp³-hybridized carbons (Fsp3) is 0.250. The molecule has 1 atom stereocenters. The lowest BCUT2D eigenvalue weighted by Crippen LogP contribution is -2.39. The quantitative estimate of drug-likeness (QED) is 0.749. The molecule has 4 rings (SSSR count). The van der Waals surface area contributed by atoms with Crippen LogP contribution in [0.1, 0.15) is 12.8 Å². The van der Waals surface area contributed by atoms with Gasteiger partial charge in [-0.25, -0.2) is 9.97 Å². The molecule has 2 aromatic carbocycles. The van der Waals surface area contributed by atoms with Crippen molar-refractivity contribution in [2.45, 2.75) is 12.8 Å². The topological polar surface area (TPSA) is 66.3 Å². The average Bonchev–Trinajstić information content (AvgIpc) is 2.67. The SMILES string of the molecule is O=C(O)[C@@H]1CCCN(c2ncnc3cccc(-c4cccc(Cl)c4)c23)C1. The van der Waals surface area contributed by atoms with E-state index in [1.165, 1.54) is 0 Å². The lowest BCUT2D eigenvalue weighted by molar-refractivity contribution is -0.141. The van der Waals surface area contributed by atoms with E-state index in [9.17, 15) is 9.90 Å². The third-order valence-corrected chi connectivity index (χ3v) is 5.08. The lowest BCUT2D eigenvalue weighted by Gasteiger charge is -2.32. The molecule has 0 amide bonds. The van der Waals surface area contributed by atoms with Gasteiger partial charge in [0.15, 0.2) is 0 Å². The van der Waals surface area contributed by atoms with E-state index in [4.69, 9.17) is 11.6 Å². The maximum Gasteiger partial charge on any atom is 0.308 e. The van der Waals surface area contributed by atoms with Gasteiger partial charge in [0.25, 0.3) is 0 Å². The van der Waals surface area contributed by atoms with Crippen LogP contribution < -0.4 is 4.90 Å². The van der Waals surface area contributed by atoms with Gasteiger partial charge in [-0.1, -0.05) is 35.9 Å². The zero-order valence-corrected chi connectivity index (χ0v) is 14.9. The number of aromatic nitrogens is 2. The van der Waals surface area contributed by atoms with Crippen LogP contribution in [0.15, 0.2) is 48.8 Å². The van der Waals surface area contributed by atoms with E-state index >= 15 is 0 Å². The summed E-state index contributed by atoms with van der Waals surface area (Å²) < 4.78 is 0. The van der Waals surface area contributed by atoms with Crippen molar-refractivity contribution in [1.29, 1.82) is 0 Å². The van der Waals surface area contributed by atoms with Crippen LogP contribution in [-0.4, -0.2) is 34.1 Å². The van der Waals surface area contributed by atoms with Gasteiger partial charge in [0.1, 0.15) is 12.1 Å². The van der Waals surface area contributed by atoms with E-state index in [0.29, 0.717) is 18.0 Å². The molecule has 3 aromatic rings. The molecule has 1 fully saturated rings. The van der Waals surface area contributed by atoms with Crippen LogP contribution in [0.25, 0.3) is 22.0 Å². The monoisotopic (exact) mass is 367 g/mol. The lowest BCUT2D eigenvalue weighted by atomic mass is 9.96. The van der Waals surface area contributed by atoms with E-state index in [1.54, 1.807) is 6.33 Å². The Labute approximate surface area is 156 Å². The highest BCUT2D eigenvalue weighted by molar-refractivity contribution is 6.31. The number of nitrogens with zero attached hydrogens (tertiary/aromatic N) is 3. The minimum Gasteiger partial charge on any atom is -0.481 e. The Bertz CT molecular complexity index is 971. The van der Waals surface area contributed by atoms with E-state index < -0.39 is 5.97 Å². The molecule has 6 heteroatoms. The summed E-state index contributed by atoms with van der Waals surface area (Å²) >= 11 is 6.18. The van der Waals surface area contributed by atoms with Crippen LogP contribution in [-0.2, 0) is 4.79 Å². The molecule has 5 nitrogen and oxygen atoms in total. The largest absolute Gasteiger partial charge is 0.481 e. The van der Waals surface area contributed by atoms with Crippen molar-refractivity contribution in [1.82, 2.24) is 9.97 Å². The van der Waals surface area contributed by atoms with E-state index in [1.807, 2.05) is 42.5 Å². The molecule has 1 N–H and O–H groups in total. The Hall–Kier alpha value is -2.66. The molecular weight excluding hydrogens is 350 g/mol. The number of piperidine rings is 1. The number of carbonyl (C=O) groups is 1. The molecule has 0 saturated carbocycles. The molecule has 26 heavy (non-hydrogen) atoms. The van der Waals surface area contributed by atoms with Crippen molar-refractivity contribution >= 4 is 34.3 Å². The zero-order valence-electron chi connectivity index (χ0n) is 14.1. The van der Waals surface area contributed by atoms with Gasteiger partial charge in [-0.05, 0) is 42.2 Å². The highest BCUT2D eigenvalue weighted by atomic mass is 35.5. The van der Waals surface area contributed by atoms with E-state index in [2.05, 4.69) is 14.9 Å². The standard InChI is InChI=1S/C20H18ClN3O2/c21-15-6-1-4-13(10-15)16-7-2-8-17-18(16)19(23-12-22-17)24-9-3-5-14(11-24)20(25)26/h1-2,4,6-8,10,12,14H,3,5,9,11H2,(H,25,26)/t14-/m1/s1. The van der Waals surface area contributed by atoms with Crippen molar-refractivity contribution in [2.75, 3.05) is 18.0 Å². The zero-order chi connectivity index (χ0) is 18.1. The Morgan fingerprint density at radius 1 is 1.19 bits per heavy atom. The van der Waals surface area contributed by atoms with Crippen LogP contribution >= 0.6 is 11.6 Å². The summed E-state index contributed by atoms with van der Waals surface area (Å²) in [5.41, 5.74) is 2.83. The summed E-state index contributed by atoms with van der Waals surface area (Å²) in [6.07, 6.45) is 3.08. The third-order valence-electron chi connectivity index (χ3n) is 4.85. The van der Waals surface area contributed by atoms with Crippen molar-refractivity contribution in [2.24, 2.45) is 5.92 Å². The second kappa shape index (κ2) is 6.92. The van der Waals surface area contributed by atoms with Gasteiger partial charge in [-0.2, -0.15) is 0 Å². The second-order valence-corrected chi connectivity index (χ2v) is 6.97. The normalized spacial score (nSPS) is 17.4. The number of aliphatic carboxylic acids is 1. The summed E-state index contributed by atoms with van der Waals surface area (Å²) in [5, 5.41) is 11.0. The maximum atomic E-state index is 11.4. The number of benzene rings is 2. The summed E-state index contributed by atoms with van der Waals surface area (Å²) in [5.74, 6) is -0.327. The first-order chi connectivity index (χ1) is 12.6. The van der Waals surface area contributed by atoms with Crippen molar-refractivity contribution < 1.29 is 9.90 Å². The van der Waals surface area contributed by atoms with Gasteiger partial charge < -0.3 is 10.0 Å². The summed E-state index contributed by atoms with van der Waals surface area (Å²) in [7, 11) is 0. The van der Waals surface area contributed by atoms with Gasteiger partial charge in [-0.15, -0.1) is 0 Å². The number of carboxylic acids is 1. The number of carboxylic acid groups (broad SMARTS) is 1. The molecule has 0 spiro atoms. The number of hydrogen-bond acceptors (Lipinski definition) is 4. The number of rotatable bonds is 3. The Morgan fingerprint density at radius 3 is 2.85 bits per heavy atom. The molecule has 0 aliphatic carbocycles. The van der Waals surface area contributed by atoms with Crippen LogP contribution in [0.4, 0.5) is 5.82 Å². The number of halogens is 1. The predicted octanol–water partition coefficient (Wildman–Crippen LogP) is 4.25. The minimum absolute atomic E-state index is 0.368. The number of anilines is 1. The van der Waals surface area contributed by atoms with Crippen LogP contribution in [0.3, 0.4) is 0 Å². The van der Waals surface area contributed by atoms with Gasteiger partial charge >= 0.3 is 5.97 Å². The third kappa shape index (κ3) is 3.10. The first kappa shape index (κ1) is 16.8. The Kier molecular flexibility index (Phi) is 4.47. The highest BCUT2D eigenvalue weighted by Crippen LogP contribution is 2.35.